The number of hydrogen-bond acceptors (Lipinski definition) is 3. The van der Waals surface area contributed by atoms with Crippen molar-refractivity contribution in [3.63, 3.8) is 0 Å². The molecule has 2 fully saturated rings. The third-order valence-electron chi connectivity index (χ3n) is 7.56. The molecule has 0 amide bonds. The van der Waals surface area contributed by atoms with E-state index in [0.717, 1.165) is 57.3 Å². The Bertz CT molecular complexity index is 493. The summed E-state index contributed by atoms with van der Waals surface area (Å²) in [4.78, 5) is 12.7. The van der Waals surface area contributed by atoms with E-state index in [1.807, 2.05) is 0 Å². The smallest absolute Gasteiger partial charge is 0.309 e. The van der Waals surface area contributed by atoms with Crippen molar-refractivity contribution >= 4 is 5.97 Å². The quantitative estimate of drug-likeness (QED) is 0.247. The number of unbranched alkanes of at least 4 members (excludes halogenated alkanes) is 6. The van der Waals surface area contributed by atoms with Crippen molar-refractivity contribution in [1.82, 2.24) is 0 Å². The van der Waals surface area contributed by atoms with Crippen molar-refractivity contribution in [2.75, 3.05) is 0 Å². The monoisotopic (exact) mass is 403 g/mol. The molecule has 2 rings (SSSR count). The summed E-state index contributed by atoms with van der Waals surface area (Å²) in [7, 11) is 0. The first-order valence-electron chi connectivity index (χ1n) is 12.7. The number of hydrogen-bond donors (Lipinski definition) is 0. The third kappa shape index (κ3) is 8.31. The van der Waals surface area contributed by atoms with Crippen LogP contribution < -0.4 is 0 Å². The summed E-state index contributed by atoms with van der Waals surface area (Å²) in [6.45, 7) is 4.47. The van der Waals surface area contributed by atoms with Crippen molar-refractivity contribution in [3.8, 4) is 6.07 Å². The van der Waals surface area contributed by atoms with Gasteiger partial charge in [-0.1, -0.05) is 71.6 Å². The maximum atomic E-state index is 12.7. The first kappa shape index (κ1) is 24.2. The van der Waals surface area contributed by atoms with Gasteiger partial charge in [0.1, 0.15) is 6.10 Å². The van der Waals surface area contributed by atoms with Gasteiger partial charge in [-0.15, -0.1) is 0 Å². The molecule has 0 saturated heterocycles. The van der Waals surface area contributed by atoms with Crippen molar-refractivity contribution in [1.29, 1.82) is 5.26 Å². The van der Waals surface area contributed by atoms with Crippen LogP contribution >= 0.6 is 0 Å². The highest BCUT2D eigenvalue weighted by Crippen LogP contribution is 2.43. The summed E-state index contributed by atoms with van der Waals surface area (Å²) >= 11 is 0. The van der Waals surface area contributed by atoms with E-state index in [2.05, 4.69) is 19.9 Å². The minimum absolute atomic E-state index is 0.0214. The van der Waals surface area contributed by atoms with Gasteiger partial charge in [0.2, 0.25) is 0 Å². The number of nitriles is 1. The maximum Gasteiger partial charge on any atom is 0.309 e. The van der Waals surface area contributed by atoms with E-state index in [4.69, 9.17) is 4.74 Å². The minimum Gasteiger partial charge on any atom is -0.462 e. The van der Waals surface area contributed by atoms with Crippen molar-refractivity contribution in [3.05, 3.63) is 0 Å². The fraction of sp³-hybridized carbons (Fsp3) is 0.923. The molecule has 29 heavy (non-hydrogen) atoms. The van der Waals surface area contributed by atoms with E-state index in [0.29, 0.717) is 0 Å². The number of esters is 1. The molecule has 0 N–H and O–H groups in total. The lowest BCUT2D eigenvalue weighted by molar-refractivity contribution is -0.157. The lowest BCUT2D eigenvalue weighted by atomic mass is 9.69. The second kappa shape index (κ2) is 13.3. The van der Waals surface area contributed by atoms with Gasteiger partial charge in [-0.25, -0.2) is 0 Å². The van der Waals surface area contributed by atoms with Crippen LogP contribution in [0, 0.1) is 28.6 Å². The van der Waals surface area contributed by atoms with Gasteiger partial charge in [0.15, 0.2) is 0 Å². The molecule has 0 aromatic carbocycles. The van der Waals surface area contributed by atoms with Gasteiger partial charge in [-0.3, -0.25) is 4.79 Å². The van der Waals surface area contributed by atoms with E-state index in [-0.39, 0.29) is 23.4 Å². The average molecular weight is 404 g/mol. The Morgan fingerprint density at radius 3 is 2.14 bits per heavy atom. The summed E-state index contributed by atoms with van der Waals surface area (Å²) in [5.74, 6) is 0.896. The van der Waals surface area contributed by atoms with Crippen LogP contribution in [0.25, 0.3) is 0 Å². The molecule has 0 aromatic rings. The number of carbonyl (C=O) groups excluding carboxylic acids is 1. The summed E-state index contributed by atoms with van der Waals surface area (Å²) in [5, 5.41) is 9.69. The lowest BCUT2D eigenvalue weighted by Gasteiger charge is -2.35. The zero-order chi connectivity index (χ0) is 21.0. The van der Waals surface area contributed by atoms with Crippen LogP contribution in [0.3, 0.4) is 0 Å². The molecule has 0 radical (unpaired) electrons. The van der Waals surface area contributed by atoms with Crippen LogP contribution in [-0.4, -0.2) is 12.1 Å². The second-order valence-electron chi connectivity index (χ2n) is 9.91. The average Bonchev–Trinajstić information content (AvgIpc) is 2.75. The van der Waals surface area contributed by atoms with E-state index in [1.54, 1.807) is 0 Å². The number of rotatable bonds is 12. The zero-order valence-corrected chi connectivity index (χ0v) is 19.2. The Morgan fingerprint density at radius 1 is 0.897 bits per heavy atom. The molecule has 3 heteroatoms. The molecule has 0 aromatic heterocycles. The van der Waals surface area contributed by atoms with E-state index in [9.17, 15) is 10.1 Å². The summed E-state index contributed by atoms with van der Waals surface area (Å²) < 4.78 is 5.92. The van der Waals surface area contributed by atoms with Gasteiger partial charge in [-0.2, -0.15) is 5.26 Å². The van der Waals surface area contributed by atoms with Crippen LogP contribution in [0.4, 0.5) is 0 Å². The van der Waals surface area contributed by atoms with Gasteiger partial charge in [0.25, 0.3) is 0 Å². The molecule has 166 valence electrons. The normalized spacial score (nSPS) is 29.9. The van der Waals surface area contributed by atoms with Gasteiger partial charge in [0.05, 0.1) is 17.4 Å². The molecule has 0 aliphatic heterocycles. The topological polar surface area (TPSA) is 50.1 Å². The van der Waals surface area contributed by atoms with E-state index >= 15 is 0 Å². The number of carbonyl (C=O) groups is 1. The molecule has 0 unspecified atom stereocenters. The predicted molar refractivity (Wildman–Crippen MR) is 119 cm³/mol. The molecule has 3 nitrogen and oxygen atoms in total. The standard InChI is InChI=1S/C26H45NO2/c1-3-5-7-8-9-11-22-12-14-24(15-13-22)29-25(28)23-16-19-26(21-27,20-17-23)18-10-6-4-2/h22-24H,3-20H2,1-2H3. The van der Waals surface area contributed by atoms with Gasteiger partial charge >= 0.3 is 5.97 Å². The van der Waals surface area contributed by atoms with Crippen molar-refractivity contribution < 1.29 is 9.53 Å². The molecule has 0 spiro atoms. The van der Waals surface area contributed by atoms with E-state index < -0.39 is 0 Å². The molecule has 2 aliphatic carbocycles. The first-order valence-corrected chi connectivity index (χ1v) is 12.7. The summed E-state index contributed by atoms with van der Waals surface area (Å²) in [6.07, 6.45) is 20.9. The third-order valence-corrected chi connectivity index (χ3v) is 7.56. The maximum absolute atomic E-state index is 12.7. The van der Waals surface area contributed by atoms with Crippen LogP contribution in [0.1, 0.15) is 129 Å². The van der Waals surface area contributed by atoms with Crippen LogP contribution in [0.2, 0.25) is 0 Å². The van der Waals surface area contributed by atoms with Gasteiger partial charge in [0, 0.05) is 0 Å². The SMILES string of the molecule is CCCCCCCC1CCC(OC(=O)C2CCC(C#N)(CCCCC)CC2)CC1. The Labute approximate surface area is 180 Å². The van der Waals surface area contributed by atoms with Crippen molar-refractivity contribution in [2.24, 2.45) is 17.3 Å². The fourth-order valence-corrected chi connectivity index (χ4v) is 5.37. The van der Waals surface area contributed by atoms with Gasteiger partial charge in [-0.05, 0) is 63.7 Å². The summed E-state index contributed by atoms with van der Waals surface area (Å²) in [6, 6.07) is 2.60. The van der Waals surface area contributed by atoms with Crippen molar-refractivity contribution in [2.45, 2.75) is 136 Å². The van der Waals surface area contributed by atoms with Crippen LogP contribution in [0.5, 0.6) is 0 Å². The largest absolute Gasteiger partial charge is 0.462 e. The summed E-state index contributed by atoms with van der Waals surface area (Å²) in [5.41, 5.74) is -0.179. The zero-order valence-electron chi connectivity index (χ0n) is 19.2. The van der Waals surface area contributed by atoms with Crippen LogP contribution in [-0.2, 0) is 9.53 Å². The fourth-order valence-electron chi connectivity index (χ4n) is 5.37. The number of ether oxygens (including phenoxy) is 1. The molecular weight excluding hydrogens is 358 g/mol. The Morgan fingerprint density at radius 2 is 1.52 bits per heavy atom. The lowest BCUT2D eigenvalue weighted by Crippen LogP contribution is -2.33. The molecule has 0 atom stereocenters. The molecular formula is C26H45NO2. The van der Waals surface area contributed by atoms with Crippen LogP contribution in [0.15, 0.2) is 0 Å². The molecule has 0 bridgehead atoms. The molecule has 2 aliphatic rings. The molecule has 0 heterocycles. The highest BCUT2D eigenvalue weighted by Gasteiger charge is 2.38. The molecule has 2 saturated carbocycles. The van der Waals surface area contributed by atoms with E-state index in [1.165, 1.54) is 64.2 Å². The highest BCUT2D eigenvalue weighted by atomic mass is 16.5. The predicted octanol–water partition coefficient (Wildman–Crippen LogP) is 7.73. The Hall–Kier alpha value is -1.04. The highest BCUT2D eigenvalue weighted by molar-refractivity contribution is 5.72. The van der Waals surface area contributed by atoms with Gasteiger partial charge < -0.3 is 4.74 Å². The number of nitrogens with zero attached hydrogens (tertiary/aromatic N) is 1. The Balaban J connectivity index is 1.63. The minimum atomic E-state index is -0.179. The second-order valence-corrected chi connectivity index (χ2v) is 9.91. The Kier molecular flexibility index (Phi) is 11.1. The first-order chi connectivity index (χ1) is 14.1.